The van der Waals surface area contributed by atoms with Crippen LogP contribution in [0, 0.1) is 0 Å². The van der Waals surface area contributed by atoms with Gasteiger partial charge in [-0.25, -0.2) is 0 Å². The van der Waals surface area contributed by atoms with Crippen LogP contribution >= 0.6 is 95.6 Å². The normalized spacial score (nSPS) is 10.6. The molecule has 7 heteroatoms. The predicted octanol–water partition coefficient (Wildman–Crippen LogP) is 8.05. The van der Waals surface area contributed by atoms with Crippen LogP contribution in [-0.2, 0) is 0 Å². The molecule has 1 nitrogen and oxygen atoms in total. The van der Waals surface area contributed by atoms with Crippen molar-refractivity contribution >= 4 is 95.6 Å². The zero-order valence-corrected chi connectivity index (χ0v) is 18.5. The molecule has 2 aromatic rings. The summed E-state index contributed by atoms with van der Waals surface area (Å²) in [6.07, 6.45) is 0. The van der Waals surface area contributed by atoms with Crippen LogP contribution in [0.5, 0.6) is 11.5 Å². The second kappa shape index (κ2) is 6.92. The lowest BCUT2D eigenvalue weighted by Crippen LogP contribution is -1.89. The number of hydrogen-bond acceptors (Lipinski definition) is 1. The molecule has 0 aliphatic carbocycles. The van der Waals surface area contributed by atoms with Gasteiger partial charge in [0.05, 0.1) is 8.95 Å². The average Bonchev–Trinajstić information content (AvgIpc) is 2.31. The lowest BCUT2D eigenvalue weighted by molar-refractivity contribution is 0.475. The first-order valence-corrected chi connectivity index (χ1v) is 9.61. The van der Waals surface area contributed by atoms with Crippen molar-refractivity contribution in [3.05, 3.63) is 51.1 Å². The first kappa shape index (κ1) is 16.5. The third-order valence-corrected chi connectivity index (χ3v) is 7.01. The third-order valence-electron chi connectivity index (χ3n) is 2.14. The minimum Gasteiger partial charge on any atom is -0.455 e. The van der Waals surface area contributed by atoms with Crippen molar-refractivity contribution in [2.75, 3.05) is 0 Å². The summed E-state index contributed by atoms with van der Waals surface area (Å²) in [4.78, 5) is 0. The van der Waals surface area contributed by atoms with Gasteiger partial charge in [-0.05, 0) is 88.0 Å². The van der Waals surface area contributed by atoms with Gasteiger partial charge in [-0.2, -0.15) is 0 Å². The van der Waals surface area contributed by atoms with Crippen molar-refractivity contribution < 1.29 is 4.74 Å². The molecular weight excluding hydrogens is 640 g/mol. The van der Waals surface area contributed by atoms with E-state index in [1.165, 1.54) is 0 Å². The van der Waals surface area contributed by atoms with E-state index in [2.05, 4.69) is 95.6 Å². The zero-order chi connectivity index (χ0) is 14.2. The highest BCUT2D eigenvalue weighted by Gasteiger charge is 2.12. The van der Waals surface area contributed by atoms with Gasteiger partial charge in [0.15, 0.2) is 0 Å². The van der Waals surface area contributed by atoms with Crippen LogP contribution in [0.2, 0.25) is 0 Å². The van der Waals surface area contributed by atoms with Crippen molar-refractivity contribution in [2.24, 2.45) is 0 Å². The molecule has 0 atom stereocenters. The molecule has 0 saturated heterocycles. The fourth-order valence-corrected chi connectivity index (χ4v) is 4.32. The molecule has 2 aromatic carbocycles. The second-order valence-electron chi connectivity index (χ2n) is 3.50. The summed E-state index contributed by atoms with van der Waals surface area (Å²) in [5.74, 6) is 1.43. The minimum atomic E-state index is 0.715. The third kappa shape index (κ3) is 4.07. The van der Waals surface area contributed by atoms with Crippen LogP contribution in [0.3, 0.4) is 0 Å². The van der Waals surface area contributed by atoms with Crippen molar-refractivity contribution in [3.63, 3.8) is 0 Å². The van der Waals surface area contributed by atoms with E-state index in [1.807, 2.05) is 24.3 Å². The number of benzene rings is 2. The Morgan fingerprint density at radius 3 is 1.32 bits per heavy atom. The van der Waals surface area contributed by atoms with E-state index in [9.17, 15) is 0 Å². The van der Waals surface area contributed by atoms with Gasteiger partial charge in [-0.1, -0.05) is 31.9 Å². The van der Waals surface area contributed by atoms with Gasteiger partial charge in [0.25, 0.3) is 0 Å². The molecule has 0 heterocycles. The van der Waals surface area contributed by atoms with Crippen LogP contribution in [-0.4, -0.2) is 0 Å². The quantitative estimate of drug-likeness (QED) is 0.301. The molecule has 19 heavy (non-hydrogen) atoms. The van der Waals surface area contributed by atoms with Gasteiger partial charge >= 0.3 is 0 Å². The topological polar surface area (TPSA) is 9.23 Å². The van der Waals surface area contributed by atoms with E-state index < -0.39 is 0 Å². The molecule has 0 radical (unpaired) electrons. The highest BCUT2D eigenvalue weighted by Crippen LogP contribution is 2.42. The lowest BCUT2D eigenvalue weighted by atomic mass is 10.3. The van der Waals surface area contributed by atoms with Crippen LogP contribution in [0.1, 0.15) is 0 Å². The molecule has 0 bridgehead atoms. The standard InChI is InChI=1S/C12H4Br6O/c13-5-1-7(15)11(17)9(3-5)19-10-4-6(14)2-8(16)12(10)18/h1-4H. The van der Waals surface area contributed by atoms with Gasteiger partial charge in [-0.15, -0.1) is 0 Å². The summed E-state index contributed by atoms with van der Waals surface area (Å²) in [7, 11) is 0. The van der Waals surface area contributed by atoms with Gasteiger partial charge < -0.3 is 4.74 Å². The van der Waals surface area contributed by atoms with E-state index in [4.69, 9.17) is 4.74 Å². The smallest absolute Gasteiger partial charge is 0.143 e. The predicted molar refractivity (Wildman–Crippen MR) is 99.2 cm³/mol. The van der Waals surface area contributed by atoms with E-state index >= 15 is 0 Å². The Hall–Kier alpha value is 1.12. The molecule has 2 rings (SSSR count). The molecule has 0 aliphatic heterocycles. The van der Waals surface area contributed by atoms with Crippen LogP contribution in [0.15, 0.2) is 51.1 Å². The molecule has 0 saturated carbocycles. The number of halogens is 6. The zero-order valence-electron chi connectivity index (χ0n) is 8.99. The molecule has 0 amide bonds. The summed E-state index contributed by atoms with van der Waals surface area (Å²) >= 11 is 20.8. The Morgan fingerprint density at radius 1 is 0.579 bits per heavy atom. The van der Waals surface area contributed by atoms with E-state index in [0.717, 1.165) is 26.8 Å². The number of rotatable bonds is 2. The summed E-state index contributed by atoms with van der Waals surface area (Å²) < 4.78 is 11.4. The van der Waals surface area contributed by atoms with Crippen LogP contribution in [0.4, 0.5) is 0 Å². The van der Waals surface area contributed by atoms with Crippen LogP contribution in [0.25, 0.3) is 0 Å². The second-order valence-corrected chi connectivity index (χ2v) is 8.63. The van der Waals surface area contributed by atoms with E-state index in [-0.39, 0.29) is 0 Å². The Balaban J connectivity index is 2.47. The summed E-state index contributed by atoms with van der Waals surface area (Å²) in [6.45, 7) is 0. The highest BCUT2D eigenvalue weighted by atomic mass is 79.9. The van der Waals surface area contributed by atoms with Gasteiger partial charge in [0, 0.05) is 17.9 Å². The summed E-state index contributed by atoms with van der Waals surface area (Å²) in [6, 6.07) is 7.69. The fourth-order valence-electron chi connectivity index (χ4n) is 1.33. The monoisotopic (exact) mass is 638 g/mol. The number of ether oxygens (including phenoxy) is 1. The maximum Gasteiger partial charge on any atom is 0.143 e. The van der Waals surface area contributed by atoms with E-state index in [0.29, 0.717) is 11.5 Å². The summed E-state index contributed by atoms with van der Waals surface area (Å²) in [5.41, 5.74) is 0. The lowest BCUT2D eigenvalue weighted by Gasteiger charge is -2.12. The van der Waals surface area contributed by atoms with Gasteiger partial charge in [0.1, 0.15) is 11.5 Å². The van der Waals surface area contributed by atoms with Gasteiger partial charge in [-0.3, -0.25) is 0 Å². The molecule has 0 aliphatic rings. The first-order chi connectivity index (χ1) is 8.88. The van der Waals surface area contributed by atoms with E-state index in [1.54, 1.807) is 0 Å². The fraction of sp³-hybridized carbons (Fsp3) is 0. The van der Waals surface area contributed by atoms with Crippen LogP contribution < -0.4 is 4.74 Å². The molecule has 0 N–H and O–H groups in total. The van der Waals surface area contributed by atoms with Crippen molar-refractivity contribution in [1.29, 1.82) is 0 Å². The Morgan fingerprint density at radius 2 is 0.947 bits per heavy atom. The molecule has 0 fully saturated rings. The van der Waals surface area contributed by atoms with Crippen molar-refractivity contribution in [1.82, 2.24) is 0 Å². The highest BCUT2D eigenvalue weighted by molar-refractivity contribution is 9.13. The maximum absolute atomic E-state index is 5.95. The average molecular weight is 644 g/mol. The molecule has 0 unspecified atom stereocenters. The Labute approximate surface area is 161 Å². The van der Waals surface area contributed by atoms with Crippen molar-refractivity contribution in [3.8, 4) is 11.5 Å². The number of hydrogen-bond donors (Lipinski definition) is 0. The van der Waals surface area contributed by atoms with Gasteiger partial charge in [0.2, 0.25) is 0 Å². The Bertz CT molecular complexity index is 585. The maximum atomic E-state index is 5.95. The molecule has 100 valence electrons. The first-order valence-electron chi connectivity index (χ1n) is 4.85. The Kier molecular flexibility index (Phi) is 6.01. The largest absolute Gasteiger partial charge is 0.455 e. The molecule has 0 aromatic heterocycles. The van der Waals surface area contributed by atoms with Crippen molar-refractivity contribution in [2.45, 2.75) is 0 Å². The molecule has 0 spiro atoms. The minimum absolute atomic E-state index is 0.715. The molecular formula is C12H4Br6O. The SMILES string of the molecule is Brc1cc(Br)c(Br)c(Oc2cc(Br)cc(Br)c2Br)c1. The summed E-state index contributed by atoms with van der Waals surface area (Å²) in [5, 5.41) is 0.